The molecule has 0 spiro atoms. The fourth-order valence-electron chi connectivity index (χ4n) is 2.06. The first-order valence-electron chi connectivity index (χ1n) is 6.26. The summed E-state index contributed by atoms with van der Waals surface area (Å²) in [5.41, 5.74) is 3.05. The maximum absolute atomic E-state index is 12.0. The van der Waals surface area contributed by atoms with Crippen molar-refractivity contribution < 1.29 is 9.52 Å². The van der Waals surface area contributed by atoms with Gasteiger partial charge in [-0.2, -0.15) is 0 Å². The summed E-state index contributed by atoms with van der Waals surface area (Å²) in [7, 11) is 0. The molecule has 0 amide bonds. The fourth-order valence-corrected chi connectivity index (χ4v) is 2.06. The minimum absolute atomic E-state index is 0.0190. The minimum atomic E-state index is -0.501. The molecule has 1 N–H and O–H groups in total. The minimum Gasteiger partial charge on any atom is -0.508 e. The van der Waals surface area contributed by atoms with Crippen LogP contribution >= 0.6 is 0 Å². The molecule has 100 valence electrons. The Labute approximate surface area is 115 Å². The van der Waals surface area contributed by atoms with E-state index >= 15 is 0 Å². The lowest BCUT2D eigenvalue weighted by Crippen LogP contribution is -2.02. The Hall–Kier alpha value is -2.62. The van der Waals surface area contributed by atoms with Crippen LogP contribution in [0.2, 0.25) is 0 Å². The number of aromatic nitrogens is 1. The van der Waals surface area contributed by atoms with Gasteiger partial charge in [0.05, 0.1) is 10.9 Å². The number of nitrogens with zero attached hydrogens (tertiary/aromatic N) is 1. The zero-order valence-corrected chi connectivity index (χ0v) is 11.2. The van der Waals surface area contributed by atoms with Gasteiger partial charge < -0.3 is 9.52 Å². The standard InChI is InChI=1S/C16H13NO3/c1-9-3-4-11(7-10(9)2)15-17-14-6-5-12(18)8-13(14)16(19)20-15/h3-8,18H,1-2H3. The van der Waals surface area contributed by atoms with Crippen LogP contribution in [0.15, 0.2) is 45.6 Å². The monoisotopic (exact) mass is 267 g/mol. The van der Waals surface area contributed by atoms with Crippen molar-refractivity contribution in [1.29, 1.82) is 0 Å². The number of rotatable bonds is 1. The number of phenols is 1. The molecule has 0 aliphatic carbocycles. The summed E-state index contributed by atoms with van der Waals surface area (Å²) in [6, 6.07) is 10.2. The van der Waals surface area contributed by atoms with Crippen molar-refractivity contribution in [3.8, 4) is 17.2 Å². The first kappa shape index (κ1) is 12.4. The lowest BCUT2D eigenvalue weighted by molar-refractivity contribution is 0.474. The van der Waals surface area contributed by atoms with Crippen molar-refractivity contribution in [2.45, 2.75) is 13.8 Å². The number of aromatic hydroxyl groups is 1. The average molecular weight is 267 g/mol. The van der Waals surface area contributed by atoms with Gasteiger partial charge >= 0.3 is 5.63 Å². The highest BCUT2D eigenvalue weighted by Gasteiger charge is 2.09. The molecule has 0 bridgehead atoms. The number of aryl methyl sites for hydroxylation is 2. The maximum atomic E-state index is 12.0. The summed E-state index contributed by atoms with van der Waals surface area (Å²) in [5.74, 6) is 0.307. The average Bonchev–Trinajstić information content (AvgIpc) is 2.42. The largest absolute Gasteiger partial charge is 0.508 e. The highest BCUT2D eigenvalue weighted by molar-refractivity contribution is 5.80. The number of phenolic OH excluding ortho intramolecular Hbond substituents is 1. The lowest BCUT2D eigenvalue weighted by atomic mass is 10.1. The van der Waals surface area contributed by atoms with Crippen LogP contribution < -0.4 is 5.63 Å². The third kappa shape index (κ3) is 2.05. The highest BCUT2D eigenvalue weighted by atomic mass is 16.4. The van der Waals surface area contributed by atoms with Crippen molar-refractivity contribution in [2.24, 2.45) is 0 Å². The Balaban J connectivity index is 2.24. The second kappa shape index (κ2) is 4.49. The van der Waals surface area contributed by atoms with E-state index in [-0.39, 0.29) is 17.0 Å². The van der Waals surface area contributed by atoms with Gasteiger partial charge in [-0.15, -0.1) is 0 Å². The van der Waals surface area contributed by atoms with E-state index in [1.807, 2.05) is 32.0 Å². The van der Waals surface area contributed by atoms with E-state index in [0.717, 1.165) is 11.1 Å². The lowest BCUT2D eigenvalue weighted by Gasteiger charge is -2.05. The van der Waals surface area contributed by atoms with Crippen LogP contribution in [0.3, 0.4) is 0 Å². The van der Waals surface area contributed by atoms with Gasteiger partial charge in [-0.3, -0.25) is 0 Å². The fraction of sp³-hybridized carbons (Fsp3) is 0.125. The Morgan fingerprint density at radius 2 is 1.85 bits per heavy atom. The molecular weight excluding hydrogens is 254 g/mol. The summed E-state index contributed by atoms with van der Waals surface area (Å²) in [6.45, 7) is 4.02. The molecule has 0 aliphatic heterocycles. The van der Waals surface area contributed by atoms with E-state index in [9.17, 15) is 9.90 Å². The molecule has 0 aliphatic rings. The Morgan fingerprint density at radius 3 is 2.60 bits per heavy atom. The molecule has 2 aromatic carbocycles. The summed E-state index contributed by atoms with van der Waals surface area (Å²) >= 11 is 0. The van der Waals surface area contributed by atoms with Gasteiger partial charge in [0.25, 0.3) is 0 Å². The van der Waals surface area contributed by atoms with Gasteiger partial charge in [-0.1, -0.05) is 6.07 Å². The zero-order chi connectivity index (χ0) is 14.3. The molecule has 0 saturated carbocycles. The van der Waals surface area contributed by atoms with Gasteiger partial charge in [0.2, 0.25) is 5.89 Å². The molecular formula is C16H13NO3. The van der Waals surface area contributed by atoms with Crippen LogP contribution in [0.5, 0.6) is 5.75 Å². The van der Waals surface area contributed by atoms with Crippen LogP contribution in [-0.4, -0.2) is 10.1 Å². The summed E-state index contributed by atoms with van der Waals surface area (Å²) < 4.78 is 5.25. The third-order valence-electron chi connectivity index (χ3n) is 3.37. The Morgan fingerprint density at radius 1 is 1.05 bits per heavy atom. The van der Waals surface area contributed by atoms with Gasteiger partial charge in [-0.25, -0.2) is 9.78 Å². The molecule has 20 heavy (non-hydrogen) atoms. The molecule has 1 heterocycles. The van der Waals surface area contributed by atoms with Crippen molar-refractivity contribution in [2.75, 3.05) is 0 Å². The van der Waals surface area contributed by atoms with Crippen LogP contribution in [0.25, 0.3) is 22.4 Å². The van der Waals surface area contributed by atoms with Crippen molar-refractivity contribution in [1.82, 2.24) is 4.98 Å². The van der Waals surface area contributed by atoms with E-state index in [2.05, 4.69) is 4.98 Å². The molecule has 1 aromatic heterocycles. The molecule has 0 radical (unpaired) electrons. The van der Waals surface area contributed by atoms with Gasteiger partial charge in [-0.05, 0) is 55.3 Å². The van der Waals surface area contributed by atoms with E-state index < -0.39 is 5.63 Å². The van der Waals surface area contributed by atoms with Crippen LogP contribution in [0.1, 0.15) is 11.1 Å². The van der Waals surface area contributed by atoms with E-state index in [1.165, 1.54) is 17.7 Å². The number of hydrogen-bond donors (Lipinski definition) is 1. The number of hydrogen-bond acceptors (Lipinski definition) is 4. The SMILES string of the molecule is Cc1ccc(-c2nc3ccc(O)cc3c(=O)o2)cc1C. The molecule has 0 unspecified atom stereocenters. The molecule has 3 rings (SSSR count). The number of fused-ring (bicyclic) bond motifs is 1. The molecule has 3 aromatic rings. The Kier molecular flexibility index (Phi) is 2.79. The Bertz CT molecular complexity index is 865. The van der Waals surface area contributed by atoms with Crippen LogP contribution in [-0.2, 0) is 0 Å². The molecule has 4 heteroatoms. The van der Waals surface area contributed by atoms with Crippen LogP contribution in [0.4, 0.5) is 0 Å². The predicted molar refractivity (Wildman–Crippen MR) is 76.9 cm³/mol. The van der Waals surface area contributed by atoms with Gasteiger partial charge in [0.15, 0.2) is 0 Å². The van der Waals surface area contributed by atoms with Crippen LogP contribution in [0, 0.1) is 13.8 Å². The maximum Gasteiger partial charge on any atom is 0.347 e. The normalized spacial score (nSPS) is 10.9. The van der Waals surface area contributed by atoms with E-state index in [1.54, 1.807) is 6.07 Å². The van der Waals surface area contributed by atoms with Gasteiger partial charge in [0, 0.05) is 5.56 Å². The highest BCUT2D eigenvalue weighted by Crippen LogP contribution is 2.22. The van der Waals surface area contributed by atoms with Gasteiger partial charge in [0.1, 0.15) is 5.75 Å². The first-order chi connectivity index (χ1) is 9.54. The smallest absolute Gasteiger partial charge is 0.347 e. The van der Waals surface area contributed by atoms with E-state index in [4.69, 9.17) is 4.42 Å². The summed E-state index contributed by atoms with van der Waals surface area (Å²) in [4.78, 5) is 16.3. The van der Waals surface area contributed by atoms with E-state index in [0.29, 0.717) is 5.52 Å². The molecule has 0 saturated heterocycles. The zero-order valence-electron chi connectivity index (χ0n) is 11.2. The second-order valence-corrected chi connectivity index (χ2v) is 4.81. The quantitative estimate of drug-likeness (QED) is 0.735. The van der Waals surface area contributed by atoms with Crippen molar-refractivity contribution in [3.63, 3.8) is 0 Å². The third-order valence-corrected chi connectivity index (χ3v) is 3.37. The second-order valence-electron chi connectivity index (χ2n) is 4.81. The summed E-state index contributed by atoms with van der Waals surface area (Å²) in [5, 5.41) is 9.68. The number of benzene rings is 2. The molecule has 0 atom stereocenters. The predicted octanol–water partition coefficient (Wildman–Crippen LogP) is 3.18. The van der Waals surface area contributed by atoms with Crippen molar-refractivity contribution in [3.05, 3.63) is 57.9 Å². The molecule has 4 nitrogen and oxygen atoms in total. The first-order valence-corrected chi connectivity index (χ1v) is 6.26. The summed E-state index contributed by atoms with van der Waals surface area (Å²) in [6.07, 6.45) is 0. The topological polar surface area (TPSA) is 63.3 Å². The molecule has 0 fully saturated rings. The van der Waals surface area contributed by atoms with Crippen molar-refractivity contribution >= 4 is 10.9 Å².